The summed E-state index contributed by atoms with van der Waals surface area (Å²) >= 11 is 0. The molecule has 0 spiro atoms. The normalized spacial score (nSPS) is 17.9. The molecule has 6 nitrogen and oxygen atoms in total. The average molecular weight is 265 g/mol. The van der Waals surface area contributed by atoms with Gasteiger partial charge in [-0.15, -0.1) is 0 Å². The zero-order valence-electron chi connectivity index (χ0n) is 11.1. The van der Waals surface area contributed by atoms with Gasteiger partial charge in [-0.3, -0.25) is 14.4 Å². The zero-order chi connectivity index (χ0) is 14.3. The average Bonchev–Trinajstić information content (AvgIpc) is 2.39. The summed E-state index contributed by atoms with van der Waals surface area (Å²) in [5.74, 6) is -2.53. The molecule has 1 saturated heterocycles. The number of hydrogen-bond donors (Lipinski definition) is 1. The Kier molecular flexibility index (Phi) is 6.00. The lowest BCUT2D eigenvalue weighted by Gasteiger charge is -2.24. The van der Waals surface area contributed by atoms with E-state index in [1.54, 1.807) is 6.07 Å². The van der Waals surface area contributed by atoms with Crippen molar-refractivity contribution in [2.45, 2.75) is 32.1 Å². The highest BCUT2D eigenvalue weighted by Crippen LogP contribution is 2.12. The van der Waals surface area contributed by atoms with Crippen LogP contribution < -0.4 is 5.32 Å². The molecule has 6 heteroatoms. The molecular formula is C13H19N3O3. The van der Waals surface area contributed by atoms with Gasteiger partial charge in [0.05, 0.1) is 12.6 Å². The van der Waals surface area contributed by atoms with E-state index in [0.29, 0.717) is 13.0 Å². The van der Waals surface area contributed by atoms with Gasteiger partial charge in [0.25, 0.3) is 0 Å². The largest absolute Gasteiger partial charge is 0.358 e. The standard InChI is InChI=1S/C13H19N3O3/c1-15-13(19)10(8-14)11(17)9-16-7-5-3-2-4-6-12(16)18/h10H,2-7,9H2,1H3,(H,15,19). The lowest BCUT2D eigenvalue weighted by atomic mass is 10.0. The van der Waals surface area contributed by atoms with Gasteiger partial charge in [0, 0.05) is 20.0 Å². The van der Waals surface area contributed by atoms with E-state index >= 15 is 0 Å². The van der Waals surface area contributed by atoms with E-state index in [0.717, 1.165) is 25.7 Å². The molecule has 1 rings (SSSR count). The topological polar surface area (TPSA) is 90.3 Å². The third kappa shape index (κ3) is 4.36. The van der Waals surface area contributed by atoms with Crippen LogP contribution in [0.4, 0.5) is 0 Å². The van der Waals surface area contributed by atoms with Crippen molar-refractivity contribution in [2.24, 2.45) is 5.92 Å². The van der Waals surface area contributed by atoms with Gasteiger partial charge < -0.3 is 10.2 Å². The molecule has 1 fully saturated rings. The summed E-state index contributed by atoms with van der Waals surface area (Å²) in [7, 11) is 1.38. The number of nitrogens with zero attached hydrogens (tertiary/aromatic N) is 2. The maximum absolute atomic E-state index is 11.9. The minimum Gasteiger partial charge on any atom is -0.358 e. The molecule has 1 N–H and O–H groups in total. The van der Waals surface area contributed by atoms with E-state index in [9.17, 15) is 14.4 Å². The highest BCUT2D eigenvalue weighted by atomic mass is 16.2. The monoisotopic (exact) mass is 265 g/mol. The second-order valence-corrected chi connectivity index (χ2v) is 4.62. The van der Waals surface area contributed by atoms with E-state index in [1.165, 1.54) is 11.9 Å². The van der Waals surface area contributed by atoms with E-state index < -0.39 is 17.6 Å². The lowest BCUT2D eigenvalue weighted by Crippen LogP contribution is -2.42. The third-order valence-electron chi connectivity index (χ3n) is 3.23. The number of rotatable bonds is 4. The predicted octanol–water partition coefficient (Wildman–Crippen LogP) is 0.234. The number of amides is 2. The maximum Gasteiger partial charge on any atom is 0.244 e. The van der Waals surface area contributed by atoms with Crippen LogP contribution in [0, 0.1) is 17.2 Å². The van der Waals surface area contributed by atoms with Crippen molar-refractivity contribution in [3.05, 3.63) is 0 Å². The Labute approximate surface area is 112 Å². The van der Waals surface area contributed by atoms with Crippen molar-refractivity contribution in [2.75, 3.05) is 20.1 Å². The van der Waals surface area contributed by atoms with E-state index in [2.05, 4.69) is 5.32 Å². The first-order chi connectivity index (χ1) is 9.10. The van der Waals surface area contributed by atoms with E-state index in [4.69, 9.17) is 5.26 Å². The van der Waals surface area contributed by atoms with Gasteiger partial charge in [0.2, 0.25) is 11.8 Å². The molecule has 2 amide bonds. The molecule has 0 bridgehead atoms. The van der Waals surface area contributed by atoms with Crippen molar-refractivity contribution < 1.29 is 14.4 Å². The van der Waals surface area contributed by atoms with Gasteiger partial charge in [0.1, 0.15) is 0 Å². The highest BCUT2D eigenvalue weighted by Gasteiger charge is 2.28. The molecule has 0 aromatic carbocycles. The van der Waals surface area contributed by atoms with Gasteiger partial charge >= 0.3 is 0 Å². The van der Waals surface area contributed by atoms with Crippen LogP contribution in [0.25, 0.3) is 0 Å². The quantitative estimate of drug-likeness (QED) is 0.737. The molecule has 1 heterocycles. The van der Waals surface area contributed by atoms with Crippen LogP contribution in [0.3, 0.4) is 0 Å². The summed E-state index contributed by atoms with van der Waals surface area (Å²) in [5, 5.41) is 11.1. The van der Waals surface area contributed by atoms with Crippen LogP contribution in [0.5, 0.6) is 0 Å². The summed E-state index contributed by atoms with van der Waals surface area (Å²) in [6.45, 7) is 0.376. The molecule has 0 saturated carbocycles. The number of ketones is 1. The molecule has 1 atom stereocenters. The van der Waals surface area contributed by atoms with Crippen LogP contribution in [0.15, 0.2) is 0 Å². The molecule has 0 aromatic heterocycles. The van der Waals surface area contributed by atoms with Gasteiger partial charge in [0.15, 0.2) is 11.7 Å². The fraction of sp³-hybridized carbons (Fsp3) is 0.692. The fourth-order valence-electron chi connectivity index (χ4n) is 2.08. The van der Waals surface area contributed by atoms with Crippen LogP contribution >= 0.6 is 0 Å². The molecule has 0 aromatic rings. The van der Waals surface area contributed by atoms with Crippen LogP contribution in [-0.4, -0.2) is 42.6 Å². The number of carbonyl (C=O) groups is 3. The summed E-state index contributed by atoms with van der Waals surface area (Å²) in [4.78, 5) is 36.6. The van der Waals surface area contributed by atoms with Gasteiger partial charge in [-0.2, -0.15) is 5.26 Å². The first-order valence-electron chi connectivity index (χ1n) is 6.52. The van der Waals surface area contributed by atoms with E-state index in [-0.39, 0.29) is 12.5 Å². The molecule has 19 heavy (non-hydrogen) atoms. The molecular weight excluding hydrogens is 246 g/mol. The zero-order valence-corrected chi connectivity index (χ0v) is 11.1. The summed E-state index contributed by atoms with van der Waals surface area (Å²) in [6, 6.07) is 1.69. The number of hydrogen-bond acceptors (Lipinski definition) is 4. The Morgan fingerprint density at radius 1 is 1.37 bits per heavy atom. The number of nitrogens with one attached hydrogen (secondary N) is 1. The smallest absolute Gasteiger partial charge is 0.244 e. The van der Waals surface area contributed by atoms with Gasteiger partial charge in [-0.05, 0) is 12.8 Å². The Morgan fingerprint density at radius 2 is 2.05 bits per heavy atom. The van der Waals surface area contributed by atoms with Crippen molar-refractivity contribution in [1.82, 2.24) is 10.2 Å². The number of Topliss-reactive ketones (excluding diaryl/α,β-unsaturated/α-hetero) is 1. The first-order valence-corrected chi connectivity index (χ1v) is 6.52. The van der Waals surface area contributed by atoms with E-state index in [1.807, 2.05) is 0 Å². The maximum atomic E-state index is 11.9. The second-order valence-electron chi connectivity index (χ2n) is 4.62. The Balaban J connectivity index is 2.65. The Morgan fingerprint density at radius 3 is 2.68 bits per heavy atom. The van der Waals surface area contributed by atoms with Crippen molar-refractivity contribution in [3.8, 4) is 6.07 Å². The number of likely N-dealkylation sites (tertiary alicyclic amines) is 1. The lowest BCUT2D eigenvalue weighted by molar-refractivity contribution is -0.139. The SMILES string of the molecule is CNC(=O)C(C#N)C(=O)CN1CCCCCCC1=O. The summed E-state index contributed by atoms with van der Waals surface area (Å²) in [5.41, 5.74) is 0. The molecule has 1 unspecified atom stereocenters. The molecule has 1 aliphatic heterocycles. The number of carbonyl (C=O) groups excluding carboxylic acids is 3. The second kappa shape index (κ2) is 7.52. The molecule has 104 valence electrons. The van der Waals surface area contributed by atoms with Gasteiger partial charge in [-0.25, -0.2) is 0 Å². The molecule has 1 aliphatic rings. The van der Waals surface area contributed by atoms with Crippen LogP contribution in [0.1, 0.15) is 32.1 Å². The van der Waals surface area contributed by atoms with Crippen molar-refractivity contribution >= 4 is 17.6 Å². The Bertz CT molecular complexity index is 400. The third-order valence-corrected chi connectivity index (χ3v) is 3.23. The molecule has 0 aliphatic carbocycles. The van der Waals surface area contributed by atoms with Gasteiger partial charge in [-0.1, -0.05) is 12.8 Å². The van der Waals surface area contributed by atoms with Crippen LogP contribution in [-0.2, 0) is 14.4 Å². The fourth-order valence-corrected chi connectivity index (χ4v) is 2.08. The minimum absolute atomic E-state index is 0.0679. The highest BCUT2D eigenvalue weighted by molar-refractivity contribution is 6.05. The van der Waals surface area contributed by atoms with Crippen molar-refractivity contribution in [1.29, 1.82) is 5.26 Å². The summed E-state index contributed by atoms with van der Waals surface area (Å²) < 4.78 is 0. The first kappa shape index (κ1) is 15.2. The number of nitriles is 1. The van der Waals surface area contributed by atoms with Crippen LogP contribution in [0.2, 0.25) is 0 Å². The Hall–Kier alpha value is -1.90. The summed E-state index contributed by atoms with van der Waals surface area (Å²) in [6.07, 6.45) is 4.20. The van der Waals surface area contributed by atoms with Crippen molar-refractivity contribution in [3.63, 3.8) is 0 Å². The predicted molar refractivity (Wildman–Crippen MR) is 67.8 cm³/mol. The minimum atomic E-state index is -1.33. The molecule has 0 radical (unpaired) electrons.